The summed E-state index contributed by atoms with van der Waals surface area (Å²) in [6, 6.07) is 1.62. The van der Waals surface area contributed by atoms with Crippen LogP contribution in [0.2, 0.25) is 0 Å². The molecule has 0 bridgehead atoms. The van der Waals surface area contributed by atoms with E-state index in [1.807, 2.05) is 16.8 Å². The van der Waals surface area contributed by atoms with Crippen LogP contribution in [0.15, 0.2) is 16.8 Å². The molecule has 0 fully saturated rings. The normalized spacial score (nSPS) is 15.4. The first-order chi connectivity index (χ1) is 7.88. The molecule has 2 unspecified atom stereocenters. The van der Waals surface area contributed by atoms with E-state index in [4.69, 9.17) is 18.0 Å². The molecule has 7 heteroatoms. The molecule has 0 amide bonds. The lowest BCUT2D eigenvalue weighted by Crippen LogP contribution is -2.42. The van der Waals surface area contributed by atoms with Crippen LogP contribution < -0.4 is 10.5 Å². The van der Waals surface area contributed by atoms with Crippen molar-refractivity contribution in [2.45, 2.75) is 31.6 Å². The van der Waals surface area contributed by atoms with E-state index in [-0.39, 0.29) is 11.0 Å². The largest absolute Gasteiger partial charge is 0.392 e. The Bertz CT molecular complexity index is 468. The van der Waals surface area contributed by atoms with Crippen molar-refractivity contribution in [2.24, 2.45) is 5.73 Å². The highest BCUT2D eigenvalue weighted by atomic mass is 32.2. The summed E-state index contributed by atoms with van der Waals surface area (Å²) in [5.74, 6) is 0. The maximum atomic E-state index is 12.0. The fourth-order valence-electron chi connectivity index (χ4n) is 1.49. The predicted molar refractivity (Wildman–Crippen MR) is 75.7 cm³/mol. The van der Waals surface area contributed by atoms with E-state index in [1.165, 1.54) is 11.3 Å². The molecule has 0 radical (unpaired) electrons. The first-order valence-electron chi connectivity index (χ1n) is 5.21. The van der Waals surface area contributed by atoms with Gasteiger partial charge in [0.2, 0.25) is 10.0 Å². The third kappa shape index (κ3) is 3.74. The van der Waals surface area contributed by atoms with E-state index in [2.05, 4.69) is 4.72 Å². The molecule has 17 heavy (non-hydrogen) atoms. The van der Waals surface area contributed by atoms with Gasteiger partial charge in [-0.05, 0) is 35.7 Å². The van der Waals surface area contributed by atoms with E-state index in [0.717, 1.165) is 5.56 Å². The number of thiocarbonyl (C=S) groups is 1. The van der Waals surface area contributed by atoms with Gasteiger partial charge in [-0.1, -0.05) is 19.1 Å². The summed E-state index contributed by atoms with van der Waals surface area (Å²) in [5, 5.41) is 3.01. The zero-order chi connectivity index (χ0) is 13.1. The highest BCUT2D eigenvalue weighted by molar-refractivity contribution is 7.93. The molecule has 0 spiro atoms. The summed E-state index contributed by atoms with van der Waals surface area (Å²) in [6.45, 7) is 3.55. The van der Waals surface area contributed by atoms with Gasteiger partial charge in [0.1, 0.15) is 5.25 Å². The molecule has 1 rings (SSSR count). The minimum Gasteiger partial charge on any atom is -0.392 e. The monoisotopic (exact) mass is 292 g/mol. The molecular formula is C10H16N2O2S3. The van der Waals surface area contributed by atoms with E-state index < -0.39 is 15.3 Å². The Morgan fingerprint density at radius 3 is 2.71 bits per heavy atom. The second-order valence-electron chi connectivity index (χ2n) is 3.74. The summed E-state index contributed by atoms with van der Waals surface area (Å²) < 4.78 is 26.7. The van der Waals surface area contributed by atoms with Crippen LogP contribution in [-0.4, -0.2) is 18.7 Å². The van der Waals surface area contributed by atoms with E-state index in [0.29, 0.717) is 6.42 Å². The van der Waals surface area contributed by atoms with Gasteiger partial charge in [0.25, 0.3) is 0 Å². The van der Waals surface area contributed by atoms with Crippen molar-refractivity contribution < 1.29 is 8.42 Å². The third-order valence-electron chi connectivity index (χ3n) is 2.45. The lowest BCUT2D eigenvalue weighted by Gasteiger charge is -2.19. The fourth-order valence-corrected chi connectivity index (χ4v) is 4.33. The zero-order valence-electron chi connectivity index (χ0n) is 9.71. The van der Waals surface area contributed by atoms with Gasteiger partial charge in [-0.3, -0.25) is 0 Å². The average molecular weight is 292 g/mol. The second kappa shape index (κ2) is 5.90. The molecule has 96 valence electrons. The number of nitrogens with two attached hydrogens (primary N) is 1. The van der Waals surface area contributed by atoms with E-state index in [1.54, 1.807) is 13.8 Å². The average Bonchev–Trinajstić information content (AvgIpc) is 2.68. The lowest BCUT2D eigenvalue weighted by molar-refractivity contribution is 0.560. The molecule has 1 aromatic rings. The molecule has 2 atom stereocenters. The van der Waals surface area contributed by atoms with Crippen molar-refractivity contribution in [3.8, 4) is 0 Å². The quantitative estimate of drug-likeness (QED) is 0.784. The summed E-state index contributed by atoms with van der Waals surface area (Å²) in [4.78, 5) is 0.0116. The molecule has 0 aliphatic carbocycles. The van der Waals surface area contributed by atoms with Crippen molar-refractivity contribution in [3.63, 3.8) is 0 Å². The van der Waals surface area contributed by atoms with Crippen LogP contribution in [0.1, 0.15) is 31.9 Å². The Hall–Kier alpha value is -0.500. The molecule has 0 saturated heterocycles. The Kier molecular flexibility index (Phi) is 5.05. The molecular weight excluding hydrogens is 276 g/mol. The maximum absolute atomic E-state index is 12.0. The maximum Gasteiger partial charge on any atom is 0.221 e. The van der Waals surface area contributed by atoms with Gasteiger partial charge < -0.3 is 5.73 Å². The molecule has 1 heterocycles. The SMILES string of the molecule is CCC(C(N)=S)S(=O)(=O)NC(C)c1ccsc1. The molecule has 1 aromatic heterocycles. The topological polar surface area (TPSA) is 72.2 Å². The highest BCUT2D eigenvalue weighted by Gasteiger charge is 2.28. The summed E-state index contributed by atoms with van der Waals surface area (Å²) in [5.41, 5.74) is 6.38. The first kappa shape index (κ1) is 14.6. The highest BCUT2D eigenvalue weighted by Crippen LogP contribution is 2.18. The van der Waals surface area contributed by atoms with Crippen LogP contribution in [0.4, 0.5) is 0 Å². The van der Waals surface area contributed by atoms with Gasteiger partial charge >= 0.3 is 0 Å². The van der Waals surface area contributed by atoms with Crippen LogP contribution in [0.25, 0.3) is 0 Å². The molecule has 3 N–H and O–H groups in total. The van der Waals surface area contributed by atoms with Gasteiger partial charge in [0.15, 0.2) is 0 Å². The number of rotatable bonds is 6. The van der Waals surface area contributed by atoms with Crippen molar-refractivity contribution in [1.82, 2.24) is 4.72 Å². The predicted octanol–water partition coefficient (Wildman–Crippen LogP) is 1.79. The van der Waals surface area contributed by atoms with Crippen molar-refractivity contribution in [2.75, 3.05) is 0 Å². The summed E-state index contributed by atoms with van der Waals surface area (Å²) in [6.07, 6.45) is 0.376. The lowest BCUT2D eigenvalue weighted by atomic mass is 10.2. The minimum absolute atomic E-state index is 0.0116. The molecule has 0 aliphatic heterocycles. The Morgan fingerprint density at radius 1 is 1.65 bits per heavy atom. The van der Waals surface area contributed by atoms with Gasteiger partial charge in [-0.25, -0.2) is 13.1 Å². The van der Waals surface area contributed by atoms with Crippen LogP contribution in [0.5, 0.6) is 0 Å². The van der Waals surface area contributed by atoms with Gasteiger partial charge in [0, 0.05) is 6.04 Å². The van der Waals surface area contributed by atoms with E-state index >= 15 is 0 Å². The van der Waals surface area contributed by atoms with Crippen LogP contribution in [0.3, 0.4) is 0 Å². The Morgan fingerprint density at radius 2 is 2.29 bits per heavy atom. The summed E-state index contributed by atoms with van der Waals surface area (Å²) in [7, 11) is -3.51. The third-order valence-corrected chi connectivity index (χ3v) is 5.60. The van der Waals surface area contributed by atoms with E-state index in [9.17, 15) is 8.42 Å². The fraction of sp³-hybridized carbons (Fsp3) is 0.500. The van der Waals surface area contributed by atoms with Crippen LogP contribution in [0, 0.1) is 0 Å². The second-order valence-corrected chi connectivity index (χ2v) is 6.89. The molecule has 0 saturated carbocycles. The molecule has 0 aromatic carbocycles. The number of nitrogens with one attached hydrogen (secondary N) is 1. The van der Waals surface area contributed by atoms with Gasteiger partial charge in [0.05, 0.1) is 4.99 Å². The van der Waals surface area contributed by atoms with Crippen molar-refractivity contribution in [3.05, 3.63) is 22.4 Å². The zero-order valence-corrected chi connectivity index (χ0v) is 12.2. The number of thiophene rings is 1. The smallest absolute Gasteiger partial charge is 0.221 e. The Labute approximate surface area is 111 Å². The standard InChI is InChI=1S/C10H16N2O2S3/c1-3-9(10(11)15)17(13,14)12-7(2)8-4-5-16-6-8/h4-7,9,12H,3H2,1-2H3,(H2,11,15). The first-order valence-corrected chi connectivity index (χ1v) is 8.10. The molecule has 0 aliphatic rings. The van der Waals surface area contributed by atoms with Gasteiger partial charge in [-0.15, -0.1) is 0 Å². The summed E-state index contributed by atoms with van der Waals surface area (Å²) >= 11 is 6.31. The van der Waals surface area contributed by atoms with Crippen LogP contribution >= 0.6 is 23.6 Å². The number of sulfonamides is 1. The van der Waals surface area contributed by atoms with Gasteiger partial charge in [-0.2, -0.15) is 11.3 Å². The molecule has 4 nitrogen and oxygen atoms in total. The van der Waals surface area contributed by atoms with Crippen LogP contribution in [-0.2, 0) is 10.0 Å². The minimum atomic E-state index is -3.51. The number of hydrogen-bond donors (Lipinski definition) is 2. The Balaban J connectivity index is 2.83. The van der Waals surface area contributed by atoms with Crippen molar-refractivity contribution >= 4 is 38.6 Å². The van der Waals surface area contributed by atoms with Crippen molar-refractivity contribution in [1.29, 1.82) is 0 Å². The number of hydrogen-bond acceptors (Lipinski definition) is 4.